The second-order valence-corrected chi connectivity index (χ2v) is 5.65. The average Bonchev–Trinajstić information content (AvgIpc) is 3.04. The average molecular weight is 334 g/mol. The highest BCUT2D eigenvalue weighted by Crippen LogP contribution is 2.30. The van der Waals surface area contributed by atoms with Crippen molar-refractivity contribution in [1.29, 1.82) is 0 Å². The molecule has 2 aliphatic heterocycles. The maximum absolute atomic E-state index is 11.9. The first-order chi connectivity index (χ1) is 11.3. The van der Waals surface area contributed by atoms with Crippen LogP contribution in [-0.4, -0.2) is 56.6 Å². The monoisotopic (exact) mass is 334 g/mol. The maximum Gasteiger partial charge on any atom is 0.330 e. The summed E-state index contributed by atoms with van der Waals surface area (Å²) in [7, 11) is 0. The fraction of sp³-hybridized carbons (Fsp3) is 0.438. The zero-order chi connectivity index (χ0) is 17.9. The summed E-state index contributed by atoms with van der Waals surface area (Å²) in [4.78, 5) is 60.3. The molecule has 0 aromatic heterocycles. The van der Waals surface area contributed by atoms with Crippen LogP contribution in [0, 0.1) is 0 Å². The van der Waals surface area contributed by atoms with E-state index in [1.54, 1.807) is 6.92 Å². The number of carboxylic acids is 1. The first-order valence-electron chi connectivity index (χ1n) is 7.66. The van der Waals surface area contributed by atoms with Crippen LogP contribution in [0.2, 0.25) is 0 Å². The van der Waals surface area contributed by atoms with E-state index in [9.17, 15) is 29.1 Å². The molecule has 0 unspecified atom stereocenters. The summed E-state index contributed by atoms with van der Waals surface area (Å²) in [5.41, 5.74) is -1.62. The van der Waals surface area contributed by atoms with Gasteiger partial charge >= 0.3 is 5.97 Å². The van der Waals surface area contributed by atoms with Crippen LogP contribution in [0.1, 0.15) is 32.6 Å². The number of nitrogens with zero attached hydrogens (tertiary/aromatic N) is 2. The summed E-state index contributed by atoms with van der Waals surface area (Å²) in [5.74, 6) is -3.31. The maximum atomic E-state index is 11.9. The number of aliphatic carboxylic acids is 1. The summed E-state index contributed by atoms with van der Waals surface area (Å²) in [6.45, 7) is 1.77. The van der Waals surface area contributed by atoms with Gasteiger partial charge in [0.1, 0.15) is 5.54 Å². The molecule has 0 aromatic carbocycles. The molecular weight excluding hydrogens is 316 g/mol. The van der Waals surface area contributed by atoms with Crippen LogP contribution in [0.15, 0.2) is 24.3 Å². The summed E-state index contributed by atoms with van der Waals surface area (Å²) in [6, 6.07) is 0. The molecule has 8 heteroatoms. The van der Waals surface area contributed by atoms with Crippen molar-refractivity contribution in [3.05, 3.63) is 24.3 Å². The number of unbranched alkanes of at least 4 members (excludes halogenated alkanes) is 1. The van der Waals surface area contributed by atoms with Crippen molar-refractivity contribution in [3.8, 4) is 0 Å². The molecule has 0 saturated heterocycles. The Kier molecular flexibility index (Phi) is 4.96. The van der Waals surface area contributed by atoms with E-state index in [4.69, 9.17) is 0 Å². The standard InChI is InChI=1S/C16H18N2O6/c1-2-16(15(23)24,18-13(21)7-8-14(18)22)9-3-4-10-17-11(19)5-6-12(17)20/h5-8H,2-4,9-10H2,1H3,(H,23,24)/t16-/m1/s1. The normalized spacial score (nSPS) is 19.5. The highest BCUT2D eigenvalue weighted by atomic mass is 16.4. The van der Waals surface area contributed by atoms with Gasteiger partial charge in [0.25, 0.3) is 23.6 Å². The van der Waals surface area contributed by atoms with Gasteiger partial charge in [-0.3, -0.25) is 29.0 Å². The van der Waals surface area contributed by atoms with Crippen molar-refractivity contribution in [2.24, 2.45) is 0 Å². The van der Waals surface area contributed by atoms with Gasteiger partial charge in [-0.1, -0.05) is 6.92 Å². The van der Waals surface area contributed by atoms with Crippen LogP contribution < -0.4 is 0 Å². The molecule has 0 fully saturated rings. The van der Waals surface area contributed by atoms with Crippen LogP contribution in [0.4, 0.5) is 0 Å². The van der Waals surface area contributed by atoms with Crippen LogP contribution in [0.25, 0.3) is 0 Å². The molecule has 128 valence electrons. The van der Waals surface area contributed by atoms with Gasteiger partial charge < -0.3 is 5.11 Å². The Balaban J connectivity index is 2.01. The zero-order valence-electron chi connectivity index (χ0n) is 13.2. The Morgan fingerprint density at radius 1 is 0.958 bits per heavy atom. The molecule has 1 atom stereocenters. The number of hydrogen-bond donors (Lipinski definition) is 1. The number of imide groups is 2. The first-order valence-corrected chi connectivity index (χ1v) is 7.66. The number of amides is 4. The number of rotatable bonds is 8. The molecule has 0 saturated carbocycles. The Hall–Kier alpha value is -2.77. The molecule has 2 aliphatic rings. The third kappa shape index (κ3) is 2.99. The molecule has 0 aliphatic carbocycles. The van der Waals surface area contributed by atoms with Crippen molar-refractivity contribution >= 4 is 29.6 Å². The third-order valence-electron chi connectivity index (χ3n) is 4.34. The highest BCUT2D eigenvalue weighted by molar-refractivity contribution is 6.15. The molecule has 2 heterocycles. The fourth-order valence-electron chi connectivity index (χ4n) is 2.96. The van der Waals surface area contributed by atoms with Crippen molar-refractivity contribution in [2.45, 2.75) is 38.1 Å². The lowest BCUT2D eigenvalue weighted by atomic mass is 9.87. The molecular formula is C16H18N2O6. The van der Waals surface area contributed by atoms with E-state index < -0.39 is 35.1 Å². The largest absolute Gasteiger partial charge is 0.479 e. The van der Waals surface area contributed by atoms with E-state index in [1.807, 2.05) is 0 Å². The van der Waals surface area contributed by atoms with E-state index >= 15 is 0 Å². The van der Waals surface area contributed by atoms with Crippen molar-refractivity contribution in [3.63, 3.8) is 0 Å². The Labute approximate surface area is 138 Å². The summed E-state index contributed by atoms with van der Waals surface area (Å²) >= 11 is 0. The van der Waals surface area contributed by atoms with Crippen molar-refractivity contribution in [1.82, 2.24) is 9.80 Å². The molecule has 4 amide bonds. The fourth-order valence-corrected chi connectivity index (χ4v) is 2.96. The van der Waals surface area contributed by atoms with Crippen molar-refractivity contribution in [2.75, 3.05) is 6.54 Å². The summed E-state index contributed by atoms with van der Waals surface area (Å²) in [6.07, 6.45) is 5.34. The molecule has 8 nitrogen and oxygen atoms in total. The molecule has 2 rings (SSSR count). The third-order valence-corrected chi connectivity index (χ3v) is 4.34. The van der Waals surface area contributed by atoms with Crippen LogP contribution >= 0.6 is 0 Å². The van der Waals surface area contributed by atoms with Gasteiger partial charge in [-0.25, -0.2) is 4.79 Å². The molecule has 0 aromatic rings. The predicted octanol–water partition coefficient (Wildman–Crippen LogP) is 0.240. The molecule has 1 N–H and O–H groups in total. The minimum Gasteiger partial charge on any atom is -0.479 e. The first kappa shape index (κ1) is 17.6. The quantitative estimate of drug-likeness (QED) is 0.503. The van der Waals surface area contributed by atoms with Crippen LogP contribution in [0.5, 0.6) is 0 Å². The van der Waals surface area contributed by atoms with Gasteiger partial charge in [0.2, 0.25) is 0 Å². The SMILES string of the molecule is CC[C@@](CCCCN1C(=O)C=CC1=O)(C(=O)O)N1C(=O)C=CC1=O. The zero-order valence-corrected chi connectivity index (χ0v) is 13.2. The Morgan fingerprint density at radius 3 is 1.92 bits per heavy atom. The predicted molar refractivity (Wildman–Crippen MR) is 81.4 cm³/mol. The minimum absolute atomic E-state index is 0.0572. The molecule has 0 spiro atoms. The van der Waals surface area contributed by atoms with Crippen LogP contribution in [-0.2, 0) is 24.0 Å². The van der Waals surface area contributed by atoms with E-state index in [0.717, 1.165) is 22.0 Å². The highest BCUT2D eigenvalue weighted by Gasteiger charge is 2.48. The number of carboxylic acid groups (broad SMARTS) is 1. The number of carbonyl (C=O) groups is 5. The smallest absolute Gasteiger partial charge is 0.330 e. The van der Waals surface area contributed by atoms with E-state index in [0.29, 0.717) is 12.8 Å². The Morgan fingerprint density at radius 2 is 1.46 bits per heavy atom. The topological polar surface area (TPSA) is 112 Å². The second kappa shape index (κ2) is 6.77. The van der Waals surface area contributed by atoms with Gasteiger partial charge in [0.15, 0.2) is 0 Å². The lowest BCUT2D eigenvalue weighted by Gasteiger charge is -2.36. The van der Waals surface area contributed by atoms with E-state index in [-0.39, 0.29) is 19.4 Å². The van der Waals surface area contributed by atoms with Gasteiger partial charge in [0, 0.05) is 30.8 Å². The second-order valence-electron chi connectivity index (χ2n) is 5.65. The van der Waals surface area contributed by atoms with Gasteiger partial charge in [-0.05, 0) is 25.7 Å². The summed E-state index contributed by atoms with van der Waals surface area (Å²) in [5, 5.41) is 9.61. The van der Waals surface area contributed by atoms with Gasteiger partial charge in [-0.15, -0.1) is 0 Å². The molecule has 24 heavy (non-hydrogen) atoms. The number of hydrogen-bond acceptors (Lipinski definition) is 5. The van der Waals surface area contributed by atoms with Crippen molar-refractivity contribution < 1.29 is 29.1 Å². The van der Waals surface area contributed by atoms with E-state index in [1.165, 1.54) is 12.2 Å². The van der Waals surface area contributed by atoms with Crippen LogP contribution in [0.3, 0.4) is 0 Å². The van der Waals surface area contributed by atoms with Gasteiger partial charge in [-0.2, -0.15) is 0 Å². The number of carbonyl (C=O) groups excluding carboxylic acids is 4. The minimum atomic E-state index is -1.62. The molecule has 0 radical (unpaired) electrons. The lowest BCUT2D eigenvalue weighted by Crippen LogP contribution is -2.57. The van der Waals surface area contributed by atoms with E-state index in [2.05, 4.69) is 0 Å². The molecule has 0 bridgehead atoms. The summed E-state index contributed by atoms with van der Waals surface area (Å²) < 4.78 is 0. The lowest BCUT2D eigenvalue weighted by molar-refractivity contribution is -0.163. The Bertz CT molecular complexity index is 629. The van der Waals surface area contributed by atoms with Gasteiger partial charge in [0.05, 0.1) is 0 Å².